The lowest BCUT2D eigenvalue weighted by molar-refractivity contribution is 0.136. The van der Waals surface area contributed by atoms with Crippen LogP contribution in [-0.4, -0.2) is 5.11 Å². The molecule has 0 aliphatic heterocycles. The van der Waals surface area contributed by atoms with Gasteiger partial charge in [-0.25, -0.2) is 0 Å². The van der Waals surface area contributed by atoms with Crippen molar-refractivity contribution >= 4 is 6.08 Å². The Bertz CT molecular complexity index is 890. The van der Waals surface area contributed by atoms with Crippen LogP contribution in [-0.2, 0) is 5.60 Å². The van der Waals surface area contributed by atoms with E-state index < -0.39 is 5.60 Å². The minimum absolute atomic E-state index is 0.889. The normalized spacial score (nSPS) is 18.9. The molecule has 1 aliphatic rings. The molecule has 4 rings (SSSR count). The van der Waals surface area contributed by atoms with E-state index in [1.54, 1.807) is 0 Å². The van der Waals surface area contributed by atoms with Crippen LogP contribution in [0, 0.1) is 6.92 Å². The van der Waals surface area contributed by atoms with Crippen molar-refractivity contribution in [1.82, 2.24) is 0 Å². The average Bonchev–Trinajstić information content (AvgIpc) is 2.72. The van der Waals surface area contributed by atoms with Gasteiger partial charge in [-0.05, 0) is 40.8 Å². The van der Waals surface area contributed by atoms with Crippen LogP contribution in [0.5, 0.6) is 0 Å². The highest BCUT2D eigenvalue weighted by Crippen LogP contribution is 2.42. The van der Waals surface area contributed by atoms with Crippen LogP contribution in [0.15, 0.2) is 78.9 Å². The van der Waals surface area contributed by atoms with Crippen LogP contribution in [0.1, 0.15) is 22.3 Å². The maximum absolute atomic E-state index is 11.6. The molecule has 112 valence electrons. The zero-order valence-corrected chi connectivity index (χ0v) is 13.0. The van der Waals surface area contributed by atoms with E-state index in [9.17, 15) is 5.11 Å². The van der Waals surface area contributed by atoms with Gasteiger partial charge in [0.25, 0.3) is 0 Å². The Labute approximate surface area is 136 Å². The minimum Gasteiger partial charge on any atom is -0.377 e. The maximum atomic E-state index is 11.6. The predicted molar refractivity (Wildman–Crippen MR) is 95.1 cm³/mol. The number of rotatable bonds is 1. The largest absolute Gasteiger partial charge is 0.377 e. The van der Waals surface area contributed by atoms with Crippen LogP contribution in [0.2, 0.25) is 0 Å². The zero-order valence-electron chi connectivity index (χ0n) is 13.0. The van der Waals surface area contributed by atoms with Crippen LogP contribution >= 0.6 is 0 Å². The molecule has 1 aliphatic carbocycles. The molecule has 1 N–H and O–H groups in total. The van der Waals surface area contributed by atoms with E-state index in [1.807, 2.05) is 66.7 Å². The summed E-state index contributed by atoms with van der Waals surface area (Å²) in [5.74, 6) is 0. The predicted octanol–water partition coefficient (Wildman–Crippen LogP) is 4.92. The topological polar surface area (TPSA) is 20.2 Å². The van der Waals surface area contributed by atoms with Gasteiger partial charge in [-0.3, -0.25) is 0 Å². The van der Waals surface area contributed by atoms with E-state index in [1.165, 1.54) is 5.56 Å². The highest BCUT2D eigenvalue weighted by atomic mass is 16.3. The SMILES string of the molecule is Cc1ccc(C2(O)C=Cc3ccccc3-c3ccccc32)cc1. The van der Waals surface area contributed by atoms with Crippen LogP contribution in [0.3, 0.4) is 0 Å². The lowest BCUT2D eigenvalue weighted by Gasteiger charge is -2.27. The van der Waals surface area contributed by atoms with Gasteiger partial charge < -0.3 is 5.11 Å². The highest BCUT2D eigenvalue weighted by molar-refractivity contribution is 5.81. The van der Waals surface area contributed by atoms with E-state index in [2.05, 4.69) is 25.1 Å². The molecule has 1 heteroatoms. The number of benzene rings is 3. The van der Waals surface area contributed by atoms with Crippen molar-refractivity contribution < 1.29 is 5.11 Å². The molecule has 3 aromatic rings. The number of hydrogen-bond donors (Lipinski definition) is 1. The molecule has 0 aromatic heterocycles. The molecule has 1 unspecified atom stereocenters. The standard InChI is InChI=1S/C22H18O/c1-16-10-12-18(13-11-16)22(23)15-14-17-6-2-3-7-19(17)20-8-4-5-9-21(20)22/h2-15,23H,1H3. The number of fused-ring (bicyclic) bond motifs is 3. The Morgan fingerprint density at radius 1 is 0.739 bits per heavy atom. The van der Waals surface area contributed by atoms with E-state index in [4.69, 9.17) is 0 Å². The highest BCUT2D eigenvalue weighted by Gasteiger charge is 2.33. The van der Waals surface area contributed by atoms with Crippen molar-refractivity contribution in [3.8, 4) is 11.1 Å². The van der Waals surface area contributed by atoms with Crippen molar-refractivity contribution in [1.29, 1.82) is 0 Å². The lowest BCUT2D eigenvalue weighted by Crippen LogP contribution is -2.24. The van der Waals surface area contributed by atoms with Gasteiger partial charge in [0.2, 0.25) is 0 Å². The van der Waals surface area contributed by atoms with E-state index in [0.717, 1.165) is 27.8 Å². The molecule has 0 amide bonds. The Kier molecular flexibility index (Phi) is 3.17. The number of aliphatic hydroxyl groups is 1. The number of aryl methyl sites for hydroxylation is 1. The van der Waals surface area contributed by atoms with Gasteiger partial charge in [0.05, 0.1) is 0 Å². The molecule has 0 saturated heterocycles. The Hall–Kier alpha value is -2.64. The molecular formula is C22H18O. The summed E-state index contributed by atoms with van der Waals surface area (Å²) in [5, 5.41) is 11.6. The first-order valence-corrected chi connectivity index (χ1v) is 7.86. The van der Waals surface area contributed by atoms with E-state index in [0.29, 0.717) is 0 Å². The first-order valence-electron chi connectivity index (χ1n) is 7.86. The second-order valence-electron chi connectivity index (χ2n) is 6.10. The monoisotopic (exact) mass is 298 g/mol. The van der Waals surface area contributed by atoms with Gasteiger partial charge in [0.15, 0.2) is 0 Å². The molecule has 0 bridgehead atoms. The first kappa shape index (κ1) is 14.0. The summed E-state index contributed by atoms with van der Waals surface area (Å²) < 4.78 is 0. The molecule has 1 nitrogen and oxygen atoms in total. The van der Waals surface area contributed by atoms with Gasteiger partial charge in [-0.15, -0.1) is 0 Å². The average molecular weight is 298 g/mol. The van der Waals surface area contributed by atoms with Crippen molar-refractivity contribution in [2.45, 2.75) is 12.5 Å². The molecule has 1 atom stereocenters. The van der Waals surface area contributed by atoms with Gasteiger partial charge in [-0.1, -0.05) is 84.4 Å². The second-order valence-corrected chi connectivity index (χ2v) is 6.10. The fourth-order valence-corrected chi connectivity index (χ4v) is 3.30. The zero-order chi connectivity index (χ0) is 15.9. The first-order chi connectivity index (χ1) is 11.2. The summed E-state index contributed by atoms with van der Waals surface area (Å²) in [7, 11) is 0. The fourth-order valence-electron chi connectivity index (χ4n) is 3.30. The number of hydrogen-bond acceptors (Lipinski definition) is 1. The molecule has 0 radical (unpaired) electrons. The Morgan fingerprint density at radius 2 is 1.39 bits per heavy atom. The third-order valence-corrected chi connectivity index (χ3v) is 4.58. The van der Waals surface area contributed by atoms with E-state index >= 15 is 0 Å². The van der Waals surface area contributed by atoms with Crippen molar-refractivity contribution in [2.24, 2.45) is 0 Å². The third kappa shape index (κ3) is 2.21. The van der Waals surface area contributed by atoms with Gasteiger partial charge in [-0.2, -0.15) is 0 Å². The van der Waals surface area contributed by atoms with Crippen LogP contribution in [0.25, 0.3) is 17.2 Å². The van der Waals surface area contributed by atoms with E-state index in [-0.39, 0.29) is 0 Å². The Morgan fingerprint density at radius 3 is 2.17 bits per heavy atom. The van der Waals surface area contributed by atoms with Gasteiger partial charge in [0.1, 0.15) is 5.60 Å². The Balaban J connectivity index is 2.01. The van der Waals surface area contributed by atoms with Crippen molar-refractivity contribution in [3.05, 3.63) is 101 Å². The van der Waals surface area contributed by atoms with Crippen LogP contribution in [0.4, 0.5) is 0 Å². The van der Waals surface area contributed by atoms with Crippen molar-refractivity contribution in [3.63, 3.8) is 0 Å². The summed E-state index contributed by atoms with van der Waals surface area (Å²) in [5.41, 5.74) is 5.24. The molecule has 0 spiro atoms. The second kappa shape index (κ2) is 5.22. The molecule has 0 heterocycles. The maximum Gasteiger partial charge on any atom is 0.134 e. The third-order valence-electron chi connectivity index (χ3n) is 4.58. The molecular weight excluding hydrogens is 280 g/mol. The summed E-state index contributed by atoms with van der Waals surface area (Å²) in [4.78, 5) is 0. The quantitative estimate of drug-likeness (QED) is 0.675. The summed E-state index contributed by atoms with van der Waals surface area (Å²) in [6, 6.07) is 24.5. The fraction of sp³-hybridized carbons (Fsp3) is 0.0909. The molecule has 3 aromatic carbocycles. The summed E-state index contributed by atoms with van der Waals surface area (Å²) >= 11 is 0. The molecule has 23 heavy (non-hydrogen) atoms. The lowest BCUT2D eigenvalue weighted by atomic mass is 9.83. The minimum atomic E-state index is -1.12. The molecule has 0 fully saturated rings. The van der Waals surface area contributed by atoms with Crippen LogP contribution < -0.4 is 0 Å². The van der Waals surface area contributed by atoms with Crippen molar-refractivity contribution in [2.75, 3.05) is 0 Å². The molecule has 0 saturated carbocycles. The van der Waals surface area contributed by atoms with Gasteiger partial charge in [0, 0.05) is 0 Å². The van der Waals surface area contributed by atoms with Gasteiger partial charge >= 0.3 is 0 Å². The summed E-state index contributed by atoms with van der Waals surface area (Å²) in [6.45, 7) is 2.06. The summed E-state index contributed by atoms with van der Waals surface area (Å²) in [6.07, 6.45) is 3.93. The smallest absolute Gasteiger partial charge is 0.134 e.